The van der Waals surface area contributed by atoms with E-state index in [2.05, 4.69) is 24.3 Å². The van der Waals surface area contributed by atoms with Gasteiger partial charge in [-0.05, 0) is 37.0 Å². The Morgan fingerprint density at radius 1 is 1.32 bits per heavy atom. The summed E-state index contributed by atoms with van der Waals surface area (Å²) in [5.74, 6) is 1.46. The Balaban J connectivity index is 1.51. The summed E-state index contributed by atoms with van der Waals surface area (Å²) < 4.78 is 5.27. The second-order valence-corrected chi connectivity index (χ2v) is 7.77. The number of aliphatic hydroxyl groups is 1. The molecule has 2 N–H and O–H groups in total. The van der Waals surface area contributed by atoms with Gasteiger partial charge in [0.05, 0.1) is 12.3 Å². The highest BCUT2D eigenvalue weighted by Gasteiger charge is 2.48. The van der Waals surface area contributed by atoms with Crippen LogP contribution >= 0.6 is 0 Å². The number of hydrogen-bond acceptors (Lipinski definition) is 4. The van der Waals surface area contributed by atoms with E-state index in [1.54, 1.807) is 0 Å². The molecule has 2 saturated carbocycles. The van der Waals surface area contributed by atoms with Gasteiger partial charge in [0.25, 0.3) is 0 Å². The molecule has 1 heterocycles. The van der Waals surface area contributed by atoms with Crippen molar-refractivity contribution in [2.24, 2.45) is 11.3 Å². The molecule has 0 aromatic carbocycles. The van der Waals surface area contributed by atoms with Crippen LogP contribution in [0.1, 0.15) is 63.8 Å². The van der Waals surface area contributed by atoms with Gasteiger partial charge in [0.2, 0.25) is 0 Å². The Bertz CT molecular complexity index is 477. The lowest BCUT2D eigenvalue weighted by Crippen LogP contribution is -2.59. The van der Waals surface area contributed by atoms with Crippen LogP contribution in [0.3, 0.4) is 0 Å². The summed E-state index contributed by atoms with van der Waals surface area (Å²) in [5.41, 5.74) is 1.37. The first-order valence-corrected chi connectivity index (χ1v) is 8.91. The summed E-state index contributed by atoms with van der Waals surface area (Å²) in [6.07, 6.45) is 9.69. The van der Waals surface area contributed by atoms with Crippen LogP contribution in [0.15, 0.2) is 10.6 Å². The fourth-order valence-electron chi connectivity index (χ4n) is 4.13. The van der Waals surface area contributed by atoms with E-state index in [1.807, 2.05) is 6.07 Å². The van der Waals surface area contributed by atoms with Crippen molar-refractivity contribution >= 4 is 0 Å². The smallest absolute Gasteiger partial charge is 0.139 e. The lowest BCUT2D eigenvalue weighted by molar-refractivity contribution is 0.00398. The number of nitrogens with zero attached hydrogens (tertiary/aromatic N) is 1. The fourth-order valence-corrected chi connectivity index (χ4v) is 4.13. The van der Waals surface area contributed by atoms with Crippen LogP contribution in [0.5, 0.6) is 0 Å². The molecule has 0 amide bonds. The van der Waals surface area contributed by atoms with E-state index in [9.17, 15) is 0 Å². The van der Waals surface area contributed by atoms with E-state index < -0.39 is 0 Å². The third-order valence-corrected chi connectivity index (χ3v) is 5.93. The Hall–Kier alpha value is -0.870. The lowest BCUT2D eigenvalue weighted by atomic mass is 9.57. The Morgan fingerprint density at radius 3 is 2.77 bits per heavy atom. The van der Waals surface area contributed by atoms with Gasteiger partial charge in [-0.25, -0.2) is 0 Å². The molecule has 2 aliphatic carbocycles. The molecule has 124 valence electrons. The first-order valence-electron chi connectivity index (χ1n) is 8.91. The SMILES string of the molecule is CC1(C)C(Cc2cc(CCO)on2)CC1NC1CCCCC1. The van der Waals surface area contributed by atoms with E-state index in [1.165, 1.54) is 38.5 Å². The van der Waals surface area contributed by atoms with Crippen molar-refractivity contribution in [3.05, 3.63) is 17.5 Å². The molecule has 1 aromatic rings. The van der Waals surface area contributed by atoms with E-state index in [4.69, 9.17) is 9.63 Å². The van der Waals surface area contributed by atoms with E-state index in [-0.39, 0.29) is 6.61 Å². The summed E-state index contributed by atoms with van der Waals surface area (Å²) in [5, 5.41) is 17.0. The van der Waals surface area contributed by atoms with Crippen LogP contribution in [0.2, 0.25) is 0 Å². The highest BCUT2D eigenvalue weighted by Crippen LogP contribution is 2.48. The van der Waals surface area contributed by atoms with Crippen molar-refractivity contribution in [3.8, 4) is 0 Å². The second kappa shape index (κ2) is 6.71. The highest BCUT2D eigenvalue weighted by atomic mass is 16.5. The molecule has 0 saturated heterocycles. The molecular formula is C18H30N2O2. The molecule has 0 bridgehead atoms. The quantitative estimate of drug-likeness (QED) is 0.848. The maximum absolute atomic E-state index is 8.95. The van der Waals surface area contributed by atoms with Crippen molar-refractivity contribution < 1.29 is 9.63 Å². The number of nitrogens with one attached hydrogen (secondary N) is 1. The van der Waals surface area contributed by atoms with Crippen LogP contribution in [-0.4, -0.2) is 29.0 Å². The minimum Gasteiger partial charge on any atom is -0.396 e. The van der Waals surface area contributed by atoms with Crippen LogP contribution < -0.4 is 5.32 Å². The molecule has 2 fully saturated rings. The van der Waals surface area contributed by atoms with Gasteiger partial charge in [-0.2, -0.15) is 0 Å². The minimum atomic E-state index is 0.122. The molecule has 2 aliphatic rings. The van der Waals surface area contributed by atoms with Gasteiger partial charge in [-0.15, -0.1) is 0 Å². The molecule has 0 radical (unpaired) electrons. The second-order valence-electron chi connectivity index (χ2n) is 7.77. The number of aromatic nitrogens is 1. The third-order valence-electron chi connectivity index (χ3n) is 5.93. The number of hydrogen-bond donors (Lipinski definition) is 2. The van der Waals surface area contributed by atoms with Gasteiger partial charge in [-0.1, -0.05) is 38.3 Å². The zero-order valence-electron chi connectivity index (χ0n) is 14.0. The monoisotopic (exact) mass is 306 g/mol. The molecule has 2 unspecified atom stereocenters. The van der Waals surface area contributed by atoms with Crippen LogP contribution in [-0.2, 0) is 12.8 Å². The molecule has 0 aliphatic heterocycles. The first-order chi connectivity index (χ1) is 10.6. The van der Waals surface area contributed by atoms with Crippen molar-refractivity contribution in [1.82, 2.24) is 10.5 Å². The zero-order chi connectivity index (χ0) is 15.6. The Kier molecular flexibility index (Phi) is 4.88. The molecule has 0 spiro atoms. The molecule has 22 heavy (non-hydrogen) atoms. The summed E-state index contributed by atoms with van der Waals surface area (Å²) >= 11 is 0. The predicted octanol–water partition coefficient (Wildman–Crippen LogP) is 3.09. The molecule has 3 rings (SSSR count). The van der Waals surface area contributed by atoms with Gasteiger partial charge in [0, 0.05) is 24.6 Å². The van der Waals surface area contributed by atoms with Crippen LogP contribution in [0, 0.1) is 11.3 Å². The topological polar surface area (TPSA) is 58.3 Å². The average Bonchev–Trinajstić information content (AvgIpc) is 2.95. The third kappa shape index (κ3) is 3.38. The molecule has 2 atom stereocenters. The molecule has 4 heteroatoms. The Labute approximate surface area is 133 Å². The first kappa shape index (κ1) is 16.0. The summed E-state index contributed by atoms with van der Waals surface area (Å²) in [7, 11) is 0. The van der Waals surface area contributed by atoms with E-state index in [0.717, 1.165) is 23.9 Å². The van der Waals surface area contributed by atoms with Gasteiger partial charge in [0.1, 0.15) is 5.76 Å². The van der Waals surface area contributed by atoms with Crippen molar-refractivity contribution in [1.29, 1.82) is 0 Å². The summed E-state index contributed by atoms with van der Waals surface area (Å²) in [4.78, 5) is 0. The van der Waals surface area contributed by atoms with Gasteiger partial charge in [0.15, 0.2) is 0 Å². The van der Waals surface area contributed by atoms with E-state index >= 15 is 0 Å². The fraction of sp³-hybridized carbons (Fsp3) is 0.833. The van der Waals surface area contributed by atoms with Crippen molar-refractivity contribution in [2.75, 3.05) is 6.61 Å². The highest BCUT2D eigenvalue weighted by molar-refractivity contribution is 5.11. The van der Waals surface area contributed by atoms with Gasteiger partial charge in [-0.3, -0.25) is 0 Å². The van der Waals surface area contributed by atoms with Gasteiger partial charge >= 0.3 is 0 Å². The van der Waals surface area contributed by atoms with Gasteiger partial charge < -0.3 is 14.9 Å². The largest absolute Gasteiger partial charge is 0.396 e. The number of aliphatic hydroxyl groups excluding tert-OH is 1. The molecule has 1 aromatic heterocycles. The maximum Gasteiger partial charge on any atom is 0.139 e. The van der Waals surface area contributed by atoms with E-state index in [0.29, 0.717) is 23.8 Å². The average molecular weight is 306 g/mol. The predicted molar refractivity (Wildman–Crippen MR) is 86.7 cm³/mol. The standard InChI is InChI=1S/C18H30N2O2/c1-18(2)13(10-15-12-16(8-9-21)22-20-15)11-17(18)19-14-6-4-3-5-7-14/h12-14,17,19,21H,3-11H2,1-2H3. The lowest BCUT2D eigenvalue weighted by Gasteiger charge is -2.54. The van der Waals surface area contributed by atoms with Crippen LogP contribution in [0.25, 0.3) is 0 Å². The summed E-state index contributed by atoms with van der Waals surface area (Å²) in [6.45, 7) is 4.89. The zero-order valence-corrected chi connectivity index (χ0v) is 14.0. The molecular weight excluding hydrogens is 276 g/mol. The molecule has 4 nitrogen and oxygen atoms in total. The van der Waals surface area contributed by atoms with Crippen molar-refractivity contribution in [3.63, 3.8) is 0 Å². The summed E-state index contributed by atoms with van der Waals surface area (Å²) in [6, 6.07) is 3.39. The number of rotatable bonds is 6. The van der Waals surface area contributed by atoms with Crippen LogP contribution in [0.4, 0.5) is 0 Å². The maximum atomic E-state index is 8.95. The normalized spacial score (nSPS) is 28.5. The minimum absolute atomic E-state index is 0.122. The van der Waals surface area contributed by atoms with Crippen molar-refractivity contribution in [2.45, 2.75) is 77.3 Å². The Morgan fingerprint density at radius 2 is 2.09 bits per heavy atom.